The summed E-state index contributed by atoms with van der Waals surface area (Å²) < 4.78 is 5.21. The van der Waals surface area contributed by atoms with Gasteiger partial charge < -0.3 is 15.4 Å². The molecule has 0 aliphatic carbocycles. The number of amides is 2. The van der Waals surface area contributed by atoms with Crippen molar-refractivity contribution >= 4 is 11.7 Å². The van der Waals surface area contributed by atoms with Crippen LogP contribution < -0.4 is 15.4 Å². The Morgan fingerprint density at radius 2 is 2.28 bits per heavy atom. The van der Waals surface area contributed by atoms with Crippen molar-refractivity contribution in [2.45, 2.75) is 6.04 Å². The number of hydrogen-bond acceptors (Lipinski definition) is 3. The number of ether oxygens (including phenoxy) is 1. The van der Waals surface area contributed by atoms with Crippen LogP contribution in [-0.2, 0) is 0 Å². The first-order chi connectivity index (χ1) is 8.78. The third kappa shape index (κ3) is 1.67. The van der Waals surface area contributed by atoms with Gasteiger partial charge in [-0.3, -0.25) is 5.10 Å². The number of anilines is 1. The van der Waals surface area contributed by atoms with Gasteiger partial charge in [0.25, 0.3) is 0 Å². The molecule has 0 saturated heterocycles. The zero-order valence-electron chi connectivity index (χ0n) is 9.73. The Hall–Kier alpha value is -2.50. The minimum absolute atomic E-state index is 0.220. The molecular formula is C12H12N4O2. The number of carbonyl (C=O) groups is 1. The molecule has 92 valence electrons. The topological polar surface area (TPSA) is 79.0 Å². The molecule has 1 atom stereocenters. The number of benzene rings is 1. The van der Waals surface area contributed by atoms with Crippen molar-refractivity contribution < 1.29 is 9.53 Å². The molecule has 1 aromatic carbocycles. The molecule has 3 N–H and O–H groups in total. The lowest BCUT2D eigenvalue weighted by Gasteiger charge is -2.26. The van der Waals surface area contributed by atoms with E-state index in [4.69, 9.17) is 4.74 Å². The lowest BCUT2D eigenvalue weighted by atomic mass is 9.98. The molecule has 6 heteroatoms. The Labute approximate surface area is 103 Å². The summed E-state index contributed by atoms with van der Waals surface area (Å²) in [6, 6.07) is 5.11. The fourth-order valence-electron chi connectivity index (χ4n) is 2.07. The summed E-state index contributed by atoms with van der Waals surface area (Å²) in [5, 5.41) is 12.3. The minimum atomic E-state index is -0.223. The third-order valence-corrected chi connectivity index (χ3v) is 2.95. The highest BCUT2D eigenvalue weighted by Gasteiger charge is 2.26. The molecule has 1 aromatic heterocycles. The highest BCUT2D eigenvalue weighted by Crippen LogP contribution is 2.33. The van der Waals surface area contributed by atoms with Crippen molar-refractivity contribution in [2.24, 2.45) is 0 Å². The summed E-state index contributed by atoms with van der Waals surface area (Å²) in [4.78, 5) is 11.6. The molecule has 0 radical (unpaired) electrons. The van der Waals surface area contributed by atoms with Crippen molar-refractivity contribution in [2.75, 3.05) is 12.4 Å². The van der Waals surface area contributed by atoms with Crippen LogP contribution in [0.2, 0.25) is 0 Å². The molecule has 0 saturated carbocycles. The van der Waals surface area contributed by atoms with Crippen molar-refractivity contribution in [3.8, 4) is 5.75 Å². The van der Waals surface area contributed by atoms with Gasteiger partial charge in [0.1, 0.15) is 5.75 Å². The summed E-state index contributed by atoms with van der Waals surface area (Å²) in [7, 11) is 1.61. The maximum absolute atomic E-state index is 11.6. The highest BCUT2D eigenvalue weighted by atomic mass is 16.5. The Bertz CT molecular complexity index is 580. The van der Waals surface area contributed by atoms with Crippen LogP contribution in [0.15, 0.2) is 30.6 Å². The minimum Gasteiger partial charge on any atom is -0.497 e. The predicted octanol–water partition coefficient (Wildman–Crippen LogP) is 1.64. The number of carbonyl (C=O) groups excluding carboxylic acids is 1. The third-order valence-electron chi connectivity index (χ3n) is 2.95. The van der Waals surface area contributed by atoms with E-state index in [1.54, 1.807) is 19.5 Å². The number of H-pyrrole nitrogens is 1. The van der Waals surface area contributed by atoms with Gasteiger partial charge in [-0.05, 0) is 18.2 Å². The summed E-state index contributed by atoms with van der Waals surface area (Å²) in [6.07, 6.45) is 3.46. The summed E-state index contributed by atoms with van der Waals surface area (Å²) in [5.74, 6) is 0.750. The van der Waals surface area contributed by atoms with E-state index in [0.29, 0.717) is 0 Å². The number of urea groups is 1. The van der Waals surface area contributed by atoms with Gasteiger partial charge in [-0.15, -0.1) is 0 Å². The molecule has 6 nitrogen and oxygen atoms in total. The number of methoxy groups -OCH3 is 1. The average Bonchev–Trinajstić information content (AvgIpc) is 2.91. The lowest BCUT2D eigenvalue weighted by molar-refractivity contribution is 0.249. The normalized spacial score (nSPS) is 17.6. The lowest BCUT2D eigenvalue weighted by Crippen LogP contribution is -2.38. The zero-order valence-corrected chi connectivity index (χ0v) is 9.73. The van der Waals surface area contributed by atoms with E-state index in [2.05, 4.69) is 20.8 Å². The molecule has 0 spiro atoms. The van der Waals surface area contributed by atoms with Gasteiger partial charge in [-0.25, -0.2) is 4.79 Å². The van der Waals surface area contributed by atoms with Crippen LogP contribution in [0, 0.1) is 0 Å². The standard InChI is InChI=1S/C12H12N4O2/c1-18-8-2-3-10-9(4-8)11(16-12(17)15-10)7-5-13-14-6-7/h2-6,11H,1H3,(H,13,14)(H2,15,16,17). The second-order valence-electron chi connectivity index (χ2n) is 4.02. The average molecular weight is 244 g/mol. The molecule has 2 heterocycles. The van der Waals surface area contributed by atoms with E-state index < -0.39 is 0 Å². The number of hydrogen-bond donors (Lipinski definition) is 3. The second-order valence-corrected chi connectivity index (χ2v) is 4.02. The SMILES string of the molecule is COc1ccc2c(c1)C(c1cn[nH]c1)NC(=O)N2. The van der Waals surface area contributed by atoms with Gasteiger partial charge in [-0.1, -0.05) is 0 Å². The number of fused-ring (bicyclic) bond motifs is 1. The molecular weight excluding hydrogens is 232 g/mol. The van der Waals surface area contributed by atoms with Crippen LogP contribution in [0.4, 0.5) is 10.5 Å². The molecule has 1 aliphatic rings. The molecule has 3 rings (SSSR count). The molecule has 0 bridgehead atoms. The Balaban J connectivity index is 2.10. The van der Waals surface area contributed by atoms with Crippen LogP contribution in [0.3, 0.4) is 0 Å². The smallest absolute Gasteiger partial charge is 0.320 e. The maximum atomic E-state index is 11.6. The highest BCUT2D eigenvalue weighted by molar-refractivity contribution is 5.93. The van der Waals surface area contributed by atoms with Crippen LogP contribution in [0.25, 0.3) is 0 Å². The molecule has 1 aliphatic heterocycles. The van der Waals surface area contributed by atoms with Gasteiger partial charge in [0, 0.05) is 23.0 Å². The quantitative estimate of drug-likeness (QED) is 0.751. The first-order valence-corrected chi connectivity index (χ1v) is 5.52. The second kappa shape index (κ2) is 4.06. The van der Waals surface area contributed by atoms with Crippen LogP contribution in [0.1, 0.15) is 17.2 Å². The van der Waals surface area contributed by atoms with Gasteiger partial charge in [0.15, 0.2) is 0 Å². The summed E-state index contributed by atoms with van der Waals surface area (Å²) >= 11 is 0. The molecule has 2 aromatic rings. The van der Waals surface area contributed by atoms with Crippen molar-refractivity contribution in [3.05, 3.63) is 41.7 Å². The van der Waals surface area contributed by atoms with Gasteiger partial charge in [0.2, 0.25) is 0 Å². The number of nitrogens with one attached hydrogen (secondary N) is 3. The number of nitrogens with zero attached hydrogens (tertiary/aromatic N) is 1. The van der Waals surface area contributed by atoms with E-state index in [9.17, 15) is 4.79 Å². The van der Waals surface area contributed by atoms with E-state index in [-0.39, 0.29) is 12.1 Å². The molecule has 18 heavy (non-hydrogen) atoms. The van der Waals surface area contributed by atoms with E-state index >= 15 is 0 Å². The van der Waals surface area contributed by atoms with Crippen molar-refractivity contribution in [3.63, 3.8) is 0 Å². The summed E-state index contributed by atoms with van der Waals surface area (Å²) in [6.45, 7) is 0. The maximum Gasteiger partial charge on any atom is 0.320 e. The van der Waals surface area contributed by atoms with Crippen LogP contribution in [0.5, 0.6) is 5.75 Å². The number of rotatable bonds is 2. The van der Waals surface area contributed by atoms with Crippen LogP contribution >= 0.6 is 0 Å². The molecule has 0 fully saturated rings. The Kier molecular flexibility index (Phi) is 2.40. The number of aromatic amines is 1. The fraction of sp³-hybridized carbons (Fsp3) is 0.167. The molecule has 1 unspecified atom stereocenters. The first kappa shape index (κ1) is 10.6. The molecule has 2 amide bonds. The van der Waals surface area contributed by atoms with Gasteiger partial charge >= 0.3 is 6.03 Å². The fourth-order valence-corrected chi connectivity index (χ4v) is 2.07. The van der Waals surface area contributed by atoms with Crippen molar-refractivity contribution in [1.82, 2.24) is 15.5 Å². The van der Waals surface area contributed by atoms with Gasteiger partial charge in [0.05, 0.1) is 19.3 Å². The predicted molar refractivity (Wildman–Crippen MR) is 65.6 cm³/mol. The van der Waals surface area contributed by atoms with E-state index in [0.717, 1.165) is 22.6 Å². The first-order valence-electron chi connectivity index (χ1n) is 5.52. The van der Waals surface area contributed by atoms with Crippen molar-refractivity contribution in [1.29, 1.82) is 0 Å². The Morgan fingerprint density at radius 1 is 1.39 bits per heavy atom. The van der Waals surface area contributed by atoms with Gasteiger partial charge in [-0.2, -0.15) is 5.10 Å². The van der Waals surface area contributed by atoms with Crippen LogP contribution in [-0.4, -0.2) is 23.3 Å². The van der Waals surface area contributed by atoms with E-state index in [1.165, 1.54) is 0 Å². The monoisotopic (exact) mass is 244 g/mol. The zero-order chi connectivity index (χ0) is 12.5. The largest absolute Gasteiger partial charge is 0.497 e. The summed E-state index contributed by atoms with van der Waals surface area (Å²) in [5.41, 5.74) is 2.64. The Morgan fingerprint density at radius 3 is 3.00 bits per heavy atom. The number of aromatic nitrogens is 2. The van der Waals surface area contributed by atoms with E-state index in [1.807, 2.05) is 18.2 Å².